The third kappa shape index (κ3) is 3.98. The zero-order chi connectivity index (χ0) is 13.9. The van der Waals surface area contributed by atoms with E-state index in [1.807, 2.05) is 31.2 Å². The van der Waals surface area contributed by atoms with Crippen LogP contribution in [-0.4, -0.2) is 8.42 Å². The molecule has 0 N–H and O–H groups in total. The molecule has 19 heavy (non-hydrogen) atoms. The molecular formula is C14H13ClO3S. The van der Waals surface area contributed by atoms with Crippen LogP contribution in [-0.2, 0) is 15.7 Å². The first-order valence-corrected chi connectivity index (χ1v) is 7.99. The van der Waals surface area contributed by atoms with Crippen molar-refractivity contribution in [1.82, 2.24) is 0 Å². The molecule has 100 valence electrons. The molecular weight excluding hydrogens is 284 g/mol. The van der Waals surface area contributed by atoms with Gasteiger partial charge in [0.25, 0.3) is 9.05 Å². The molecule has 0 aliphatic heterocycles. The van der Waals surface area contributed by atoms with E-state index in [4.69, 9.17) is 15.4 Å². The SMILES string of the molecule is Cc1cccc(OCc2cccc(S(=O)(=O)Cl)c2)c1. The molecule has 0 spiro atoms. The summed E-state index contributed by atoms with van der Waals surface area (Å²) in [5.41, 5.74) is 1.86. The van der Waals surface area contributed by atoms with Crippen molar-refractivity contribution in [3.05, 3.63) is 59.7 Å². The van der Waals surface area contributed by atoms with E-state index in [-0.39, 0.29) is 4.90 Å². The molecule has 0 amide bonds. The lowest BCUT2D eigenvalue weighted by atomic mass is 10.2. The van der Waals surface area contributed by atoms with Crippen molar-refractivity contribution in [2.24, 2.45) is 0 Å². The summed E-state index contributed by atoms with van der Waals surface area (Å²) in [6.07, 6.45) is 0. The zero-order valence-electron chi connectivity index (χ0n) is 10.3. The van der Waals surface area contributed by atoms with Gasteiger partial charge in [0.2, 0.25) is 0 Å². The van der Waals surface area contributed by atoms with Crippen LogP contribution in [0.4, 0.5) is 0 Å². The predicted molar refractivity (Wildman–Crippen MR) is 75.0 cm³/mol. The molecule has 0 bridgehead atoms. The summed E-state index contributed by atoms with van der Waals surface area (Å²) in [7, 11) is 1.60. The normalized spacial score (nSPS) is 11.3. The lowest BCUT2D eigenvalue weighted by Crippen LogP contribution is -1.98. The Balaban J connectivity index is 2.12. The fraction of sp³-hybridized carbons (Fsp3) is 0.143. The van der Waals surface area contributed by atoms with Gasteiger partial charge in [0, 0.05) is 10.7 Å². The Morgan fingerprint density at radius 2 is 1.84 bits per heavy atom. The van der Waals surface area contributed by atoms with Gasteiger partial charge in [-0.25, -0.2) is 8.42 Å². The lowest BCUT2D eigenvalue weighted by Gasteiger charge is -2.07. The highest BCUT2D eigenvalue weighted by molar-refractivity contribution is 8.13. The number of rotatable bonds is 4. The third-order valence-electron chi connectivity index (χ3n) is 2.58. The maximum atomic E-state index is 11.2. The van der Waals surface area contributed by atoms with Crippen molar-refractivity contribution in [2.75, 3.05) is 0 Å². The first-order valence-electron chi connectivity index (χ1n) is 5.68. The second-order valence-electron chi connectivity index (χ2n) is 4.19. The van der Waals surface area contributed by atoms with E-state index in [2.05, 4.69) is 0 Å². The molecule has 2 aromatic rings. The van der Waals surface area contributed by atoms with Gasteiger partial charge in [-0.3, -0.25) is 0 Å². The molecule has 2 aromatic carbocycles. The van der Waals surface area contributed by atoms with Crippen LogP contribution in [0.3, 0.4) is 0 Å². The van der Waals surface area contributed by atoms with E-state index in [0.29, 0.717) is 6.61 Å². The number of hydrogen-bond acceptors (Lipinski definition) is 3. The average Bonchev–Trinajstić information content (AvgIpc) is 2.36. The van der Waals surface area contributed by atoms with Crippen LogP contribution in [0.5, 0.6) is 5.75 Å². The number of benzene rings is 2. The van der Waals surface area contributed by atoms with Crippen molar-refractivity contribution < 1.29 is 13.2 Å². The topological polar surface area (TPSA) is 43.4 Å². The van der Waals surface area contributed by atoms with Gasteiger partial charge >= 0.3 is 0 Å². The summed E-state index contributed by atoms with van der Waals surface area (Å²) in [6.45, 7) is 2.28. The first-order chi connectivity index (χ1) is 8.95. The molecule has 0 heterocycles. The number of aryl methyl sites for hydroxylation is 1. The number of ether oxygens (including phenoxy) is 1. The van der Waals surface area contributed by atoms with E-state index >= 15 is 0 Å². The Labute approximate surface area is 117 Å². The van der Waals surface area contributed by atoms with Gasteiger partial charge in [0.1, 0.15) is 12.4 Å². The maximum absolute atomic E-state index is 11.2. The van der Waals surface area contributed by atoms with Crippen LogP contribution < -0.4 is 4.74 Å². The van der Waals surface area contributed by atoms with Gasteiger partial charge < -0.3 is 4.74 Å². The first kappa shape index (κ1) is 13.9. The van der Waals surface area contributed by atoms with Gasteiger partial charge in [-0.1, -0.05) is 24.3 Å². The standard InChI is InChI=1S/C14H13ClO3S/c1-11-4-2-6-13(8-11)18-10-12-5-3-7-14(9-12)19(15,16)17/h2-9H,10H2,1H3. The van der Waals surface area contributed by atoms with Gasteiger partial charge in [-0.2, -0.15) is 0 Å². The molecule has 0 aliphatic rings. The molecule has 3 nitrogen and oxygen atoms in total. The van der Waals surface area contributed by atoms with Crippen molar-refractivity contribution in [1.29, 1.82) is 0 Å². The minimum Gasteiger partial charge on any atom is -0.489 e. The van der Waals surface area contributed by atoms with E-state index in [1.165, 1.54) is 12.1 Å². The summed E-state index contributed by atoms with van der Waals surface area (Å²) in [6, 6.07) is 14.1. The predicted octanol–water partition coefficient (Wildman–Crippen LogP) is 3.50. The molecule has 0 aliphatic carbocycles. The van der Waals surface area contributed by atoms with E-state index in [9.17, 15) is 8.42 Å². The molecule has 0 saturated heterocycles. The largest absolute Gasteiger partial charge is 0.489 e. The molecule has 0 saturated carbocycles. The number of hydrogen-bond donors (Lipinski definition) is 0. The number of halogens is 1. The van der Waals surface area contributed by atoms with E-state index in [0.717, 1.165) is 16.9 Å². The van der Waals surface area contributed by atoms with Gasteiger partial charge in [-0.15, -0.1) is 0 Å². The summed E-state index contributed by atoms with van der Waals surface area (Å²) < 4.78 is 28.1. The van der Waals surface area contributed by atoms with Crippen LogP contribution in [0.2, 0.25) is 0 Å². The van der Waals surface area contributed by atoms with Crippen LogP contribution in [0.25, 0.3) is 0 Å². The highest BCUT2D eigenvalue weighted by Gasteiger charge is 2.10. The van der Waals surface area contributed by atoms with Gasteiger partial charge in [0.15, 0.2) is 0 Å². The molecule has 5 heteroatoms. The summed E-state index contributed by atoms with van der Waals surface area (Å²) in [5, 5.41) is 0. The third-order valence-corrected chi connectivity index (χ3v) is 3.93. The Hall–Kier alpha value is -1.52. The van der Waals surface area contributed by atoms with E-state index < -0.39 is 9.05 Å². The monoisotopic (exact) mass is 296 g/mol. The Kier molecular flexibility index (Phi) is 4.12. The van der Waals surface area contributed by atoms with Crippen LogP contribution in [0.15, 0.2) is 53.4 Å². The molecule has 0 aromatic heterocycles. The van der Waals surface area contributed by atoms with Crippen molar-refractivity contribution >= 4 is 19.7 Å². The smallest absolute Gasteiger partial charge is 0.261 e. The molecule has 0 unspecified atom stereocenters. The molecule has 0 radical (unpaired) electrons. The van der Waals surface area contributed by atoms with Gasteiger partial charge in [-0.05, 0) is 42.3 Å². The van der Waals surface area contributed by atoms with Crippen molar-refractivity contribution in [3.63, 3.8) is 0 Å². The maximum Gasteiger partial charge on any atom is 0.261 e. The fourth-order valence-corrected chi connectivity index (χ4v) is 2.48. The van der Waals surface area contributed by atoms with E-state index in [1.54, 1.807) is 12.1 Å². The van der Waals surface area contributed by atoms with Crippen molar-refractivity contribution in [3.8, 4) is 5.75 Å². The average molecular weight is 297 g/mol. The summed E-state index contributed by atoms with van der Waals surface area (Å²) >= 11 is 0. The van der Waals surface area contributed by atoms with Crippen LogP contribution >= 0.6 is 10.7 Å². The molecule has 2 rings (SSSR count). The van der Waals surface area contributed by atoms with Crippen LogP contribution in [0, 0.1) is 6.92 Å². The van der Waals surface area contributed by atoms with Gasteiger partial charge in [0.05, 0.1) is 4.90 Å². The summed E-state index contributed by atoms with van der Waals surface area (Å²) in [5.74, 6) is 0.749. The second kappa shape index (κ2) is 5.63. The van der Waals surface area contributed by atoms with Crippen LogP contribution in [0.1, 0.15) is 11.1 Å². The zero-order valence-corrected chi connectivity index (χ0v) is 11.9. The minimum atomic E-state index is -3.70. The molecule has 0 atom stereocenters. The highest BCUT2D eigenvalue weighted by atomic mass is 35.7. The Bertz CT molecular complexity index is 681. The van der Waals surface area contributed by atoms with Crippen molar-refractivity contribution in [2.45, 2.75) is 18.4 Å². The second-order valence-corrected chi connectivity index (χ2v) is 6.76. The summed E-state index contributed by atoms with van der Waals surface area (Å²) in [4.78, 5) is 0.0829. The Morgan fingerprint density at radius 3 is 2.53 bits per heavy atom. The fourth-order valence-electron chi connectivity index (χ4n) is 1.66. The molecule has 0 fully saturated rings. The minimum absolute atomic E-state index is 0.0829. The highest BCUT2D eigenvalue weighted by Crippen LogP contribution is 2.18. The Morgan fingerprint density at radius 1 is 1.11 bits per heavy atom. The quantitative estimate of drug-likeness (QED) is 0.811. The lowest BCUT2D eigenvalue weighted by molar-refractivity contribution is 0.306.